The predicted molar refractivity (Wildman–Crippen MR) is 82.9 cm³/mol. The van der Waals surface area contributed by atoms with Gasteiger partial charge in [0.1, 0.15) is 5.75 Å². The van der Waals surface area contributed by atoms with Gasteiger partial charge in [-0.1, -0.05) is 17.7 Å². The summed E-state index contributed by atoms with van der Waals surface area (Å²) in [5.41, 5.74) is 0.861. The molecule has 0 radical (unpaired) electrons. The molecule has 1 saturated carbocycles. The number of aliphatic carboxylic acids is 1. The molecule has 6 heteroatoms. The van der Waals surface area contributed by atoms with E-state index in [-0.39, 0.29) is 17.7 Å². The minimum Gasteiger partial charge on any atom is -0.496 e. The Kier molecular flexibility index (Phi) is 5.66. The molecule has 0 aliphatic heterocycles. The van der Waals surface area contributed by atoms with Gasteiger partial charge in [-0.05, 0) is 37.8 Å². The number of carbonyl (C=O) groups is 2. The van der Waals surface area contributed by atoms with Crippen LogP contribution in [0.4, 0.5) is 0 Å². The molecule has 1 amide bonds. The Hall–Kier alpha value is -1.75. The summed E-state index contributed by atoms with van der Waals surface area (Å²) in [5.74, 6) is -0.553. The lowest BCUT2D eigenvalue weighted by Crippen LogP contribution is -2.34. The van der Waals surface area contributed by atoms with E-state index in [1.54, 1.807) is 19.2 Å². The maximum absolute atomic E-state index is 12.2. The fourth-order valence-electron chi connectivity index (χ4n) is 2.79. The first-order valence-corrected chi connectivity index (χ1v) is 7.72. The number of carboxylic acids is 1. The van der Waals surface area contributed by atoms with Crippen molar-refractivity contribution in [3.05, 3.63) is 28.8 Å². The van der Waals surface area contributed by atoms with Gasteiger partial charge in [-0.15, -0.1) is 0 Å². The standard InChI is InChI=1S/C16H20ClNO4/c1-22-14-8-13(17)7-6-12(14)9-18-15(19)10-2-4-11(5-3-10)16(20)21/h6-8,10-11H,2-5,9H2,1H3,(H,18,19)(H,20,21). The number of carbonyl (C=O) groups excluding carboxylic acids is 1. The molecule has 0 heterocycles. The van der Waals surface area contributed by atoms with E-state index < -0.39 is 5.97 Å². The van der Waals surface area contributed by atoms with Crippen molar-refractivity contribution in [2.75, 3.05) is 7.11 Å². The average Bonchev–Trinajstić information content (AvgIpc) is 2.53. The second-order valence-electron chi connectivity index (χ2n) is 5.56. The monoisotopic (exact) mass is 325 g/mol. The Balaban J connectivity index is 1.87. The maximum Gasteiger partial charge on any atom is 0.306 e. The van der Waals surface area contributed by atoms with E-state index in [0.717, 1.165) is 5.56 Å². The van der Waals surface area contributed by atoms with Crippen molar-refractivity contribution in [2.24, 2.45) is 11.8 Å². The molecule has 0 atom stereocenters. The van der Waals surface area contributed by atoms with Crippen LogP contribution in [0.25, 0.3) is 0 Å². The lowest BCUT2D eigenvalue weighted by molar-refractivity contribution is -0.144. The van der Waals surface area contributed by atoms with Crippen LogP contribution in [-0.4, -0.2) is 24.1 Å². The first-order chi connectivity index (χ1) is 10.5. The zero-order chi connectivity index (χ0) is 16.1. The van der Waals surface area contributed by atoms with Crippen LogP contribution in [0.1, 0.15) is 31.2 Å². The van der Waals surface area contributed by atoms with E-state index in [0.29, 0.717) is 43.0 Å². The molecule has 0 spiro atoms. The largest absolute Gasteiger partial charge is 0.496 e. The molecule has 1 aromatic rings. The molecule has 0 bridgehead atoms. The molecule has 120 valence electrons. The van der Waals surface area contributed by atoms with Gasteiger partial charge in [0.15, 0.2) is 0 Å². The third-order valence-electron chi connectivity index (χ3n) is 4.15. The van der Waals surface area contributed by atoms with Crippen molar-refractivity contribution < 1.29 is 19.4 Å². The van der Waals surface area contributed by atoms with Crippen LogP contribution in [-0.2, 0) is 16.1 Å². The number of ether oxygens (including phenoxy) is 1. The molecule has 1 aromatic carbocycles. The summed E-state index contributed by atoms with van der Waals surface area (Å²) >= 11 is 5.90. The van der Waals surface area contributed by atoms with Crippen LogP contribution in [0.15, 0.2) is 18.2 Å². The lowest BCUT2D eigenvalue weighted by atomic mass is 9.81. The van der Waals surface area contributed by atoms with Crippen LogP contribution in [0.3, 0.4) is 0 Å². The zero-order valence-corrected chi connectivity index (χ0v) is 13.2. The van der Waals surface area contributed by atoms with Gasteiger partial charge in [0, 0.05) is 23.0 Å². The zero-order valence-electron chi connectivity index (χ0n) is 12.5. The molecule has 0 saturated heterocycles. The fraction of sp³-hybridized carbons (Fsp3) is 0.500. The number of hydrogen-bond acceptors (Lipinski definition) is 3. The third-order valence-corrected chi connectivity index (χ3v) is 4.38. The van der Waals surface area contributed by atoms with E-state index in [9.17, 15) is 9.59 Å². The topological polar surface area (TPSA) is 75.6 Å². The molecule has 2 rings (SSSR count). The van der Waals surface area contributed by atoms with Crippen LogP contribution >= 0.6 is 11.6 Å². The van der Waals surface area contributed by atoms with Gasteiger partial charge in [-0.2, -0.15) is 0 Å². The van der Waals surface area contributed by atoms with Crippen LogP contribution < -0.4 is 10.1 Å². The molecular formula is C16H20ClNO4. The average molecular weight is 326 g/mol. The number of hydrogen-bond donors (Lipinski definition) is 2. The van der Waals surface area contributed by atoms with Crippen molar-refractivity contribution in [1.82, 2.24) is 5.32 Å². The molecule has 1 aliphatic carbocycles. The van der Waals surface area contributed by atoms with Gasteiger partial charge in [0.2, 0.25) is 5.91 Å². The van der Waals surface area contributed by atoms with Crippen molar-refractivity contribution in [3.8, 4) is 5.75 Å². The highest BCUT2D eigenvalue weighted by Gasteiger charge is 2.29. The van der Waals surface area contributed by atoms with Crippen LogP contribution in [0, 0.1) is 11.8 Å². The van der Waals surface area contributed by atoms with Gasteiger partial charge in [-0.25, -0.2) is 0 Å². The van der Waals surface area contributed by atoms with Crippen molar-refractivity contribution in [1.29, 1.82) is 0 Å². The molecule has 1 aliphatic rings. The van der Waals surface area contributed by atoms with Crippen molar-refractivity contribution in [3.63, 3.8) is 0 Å². The highest BCUT2D eigenvalue weighted by Crippen LogP contribution is 2.29. The summed E-state index contributed by atoms with van der Waals surface area (Å²) in [4.78, 5) is 23.1. The predicted octanol–water partition coefficient (Wildman–Crippen LogP) is 2.86. The molecule has 0 aromatic heterocycles. The number of halogens is 1. The quantitative estimate of drug-likeness (QED) is 0.872. The summed E-state index contributed by atoms with van der Waals surface area (Å²) in [6.45, 7) is 0.373. The molecule has 0 unspecified atom stereocenters. The molecule has 1 fully saturated rings. The minimum absolute atomic E-state index is 0.0270. The Morgan fingerprint density at radius 1 is 1.27 bits per heavy atom. The summed E-state index contributed by atoms with van der Waals surface area (Å²) in [6, 6.07) is 5.29. The summed E-state index contributed by atoms with van der Waals surface area (Å²) < 4.78 is 5.24. The second kappa shape index (κ2) is 7.49. The fourth-order valence-corrected chi connectivity index (χ4v) is 2.96. The second-order valence-corrected chi connectivity index (χ2v) is 6.00. The molecule has 22 heavy (non-hydrogen) atoms. The van der Waals surface area contributed by atoms with Crippen molar-refractivity contribution >= 4 is 23.5 Å². The Morgan fingerprint density at radius 3 is 2.50 bits per heavy atom. The van der Waals surface area contributed by atoms with Crippen molar-refractivity contribution in [2.45, 2.75) is 32.2 Å². The van der Waals surface area contributed by atoms with Gasteiger partial charge >= 0.3 is 5.97 Å². The third kappa shape index (κ3) is 4.13. The highest BCUT2D eigenvalue weighted by molar-refractivity contribution is 6.30. The number of benzene rings is 1. The van der Waals surface area contributed by atoms with Crippen LogP contribution in [0.5, 0.6) is 5.75 Å². The summed E-state index contributed by atoms with van der Waals surface area (Å²) in [7, 11) is 1.56. The van der Waals surface area contributed by atoms with E-state index in [2.05, 4.69) is 5.32 Å². The van der Waals surface area contributed by atoms with Gasteiger partial charge < -0.3 is 15.2 Å². The van der Waals surface area contributed by atoms with E-state index in [1.165, 1.54) is 0 Å². The van der Waals surface area contributed by atoms with E-state index >= 15 is 0 Å². The number of carboxylic acid groups (broad SMARTS) is 1. The van der Waals surface area contributed by atoms with E-state index in [1.807, 2.05) is 6.07 Å². The van der Waals surface area contributed by atoms with Gasteiger partial charge in [0.25, 0.3) is 0 Å². The minimum atomic E-state index is -0.759. The molecular weight excluding hydrogens is 306 g/mol. The smallest absolute Gasteiger partial charge is 0.306 e. The summed E-state index contributed by atoms with van der Waals surface area (Å²) in [6.07, 6.45) is 2.39. The van der Waals surface area contributed by atoms with Crippen LogP contribution in [0.2, 0.25) is 5.02 Å². The summed E-state index contributed by atoms with van der Waals surface area (Å²) in [5, 5.41) is 12.4. The number of nitrogens with one attached hydrogen (secondary N) is 1. The molecule has 5 nitrogen and oxygen atoms in total. The maximum atomic E-state index is 12.2. The number of amides is 1. The lowest BCUT2D eigenvalue weighted by Gasteiger charge is -2.25. The number of methoxy groups -OCH3 is 1. The van der Waals surface area contributed by atoms with Gasteiger partial charge in [-0.3, -0.25) is 9.59 Å². The van der Waals surface area contributed by atoms with E-state index in [4.69, 9.17) is 21.4 Å². The Labute approximate surface area is 134 Å². The molecule has 2 N–H and O–H groups in total. The first kappa shape index (κ1) is 16.6. The first-order valence-electron chi connectivity index (χ1n) is 7.34. The number of rotatable bonds is 5. The van der Waals surface area contributed by atoms with Gasteiger partial charge in [0.05, 0.1) is 13.0 Å². The Bertz CT molecular complexity index is 553. The SMILES string of the molecule is COc1cc(Cl)ccc1CNC(=O)C1CCC(C(=O)O)CC1. The highest BCUT2D eigenvalue weighted by atomic mass is 35.5. The Morgan fingerprint density at radius 2 is 1.91 bits per heavy atom. The normalized spacial score (nSPS) is 21.2.